The molecule has 2 atom stereocenters. The van der Waals surface area contributed by atoms with E-state index in [1.165, 1.54) is 5.56 Å². The molecule has 3 fully saturated rings. The summed E-state index contributed by atoms with van der Waals surface area (Å²) in [5.41, 5.74) is 1.64. The molecule has 0 N–H and O–H groups in total. The Balaban J connectivity index is 1.49. The lowest BCUT2D eigenvalue weighted by Crippen LogP contribution is -2.43. The van der Waals surface area contributed by atoms with E-state index in [-0.39, 0.29) is 17.9 Å². The highest BCUT2D eigenvalue weighted by molar-refractivity contribution is 7.08. The Labute approximate surface area is 169 Å². The molecule has 0 saturated carbocycles. The zero-order valence-electron chi connectivity index (χ0n) is 15.9. The second kappa shape index (κ2) is 6.92. The predicted octanol–water partition coefficient (Wildman–Crippen LogP) is 3.79. The van der Waals surface area contributed by atoms with Crippen molar-refractivity contribution >= 4 is 29.0 Å². The second-order valence-corrected chi connectivity index (χ2v) is 8.95. The fourth-order valence-corrected chi connectivity index (χ4v) is 5.83. The number of hydrogen-bond donors (Lipinski definition) is 0. The van der Waals surface area contributed by atoms with E-state index in [4.69, 9.17) is 0 Å². The molecule has 6 heteroatoms. The van der Waals surface area contributed by atoms with Crippen LogP contribution in [0.3, 0.4) is 0 Å². The molecule has 0 radical (unpaired) electrons. The summed E-state index contributed by atoms with van der Waals surface area (Å²) in [5, 5.41) is 4.05. The fourth-order valence-electron chi connectivity index (χ4n) is 5.19. The summed E-state index contributed by atoms with van der Waals surface area (Å²) in [7, 11) is 0. The molecule has 5 nitrogen and oxygen atoms in total. The molecule has 0 unspecified atom stereocenters. The zero-order chi connectivity index (χ0) is 19.1. The maximum absolute atomic E-state index is 13.7. The highest BCUT2D eigenvalue weighted by atomic mass is 32.1. The topological polar surface area (TPSA) is 43.9 Å². The van der Waals surface area contributed by atoms with Gasteiger partial charge in [-0.05, 0) is 36.3 Å². The van der Waals surface area contributed by atoms with E-state index < -0.39 is 5.41 Å². The Morgan fingerprint density at radius 3 is 2.54 bits per heavy atom. The number of likely N-dealkylation sites (tertiary alicyclic amines) is 2. The van der Waals surface area contributed by atoms with Crippen molar-refractivity contribution in [3.8, 4) is 0 Å². The van der Waals surface area contributed by atoms with Gasteiger partial charge in [0.05, 0.1) is 11.1 Å². The molecule has 1 aromatic carbocycles. The molecule has 3 saturated heterocycles. The van der Waals surface area contributed by atoms with Gasteiger partial charge in [-0.3, -0.25) is 4.79 Å². The van der Waals surface area contributed by atoms with Crippen LogP contribution in [-0.4, -0.2) is 54.5 Å². The summed E-state index contributed by atoms with van der Waals surface area (Å²) in [4.78, 5) is 32.6. The first kappa shape index (κ1) is 17.7. The number of amides is 3. The number of nitrogens with zero attached hydrogens (tertiary/aromatic N) is 3. The zero-order valence-corrected chi connectivity index (χ0v) is 16.7. The van der Waals surface area contributed by atoms with Gasteiger partial charge in [0.1, 0.15) is 0 Å². The van der Waals surface area contributed by atoms with Crippen molar-refractivity contribution in [1.82, 2.24) is 9.80 Å². The molecule has 1 spiro atoms. The summed E-state index contributed by atoms with van der Waals surface area (Å²) in [6, 6.07) is 12.4. The Morgan fingerprint density at radius 1 is 1.04 bits per heavy atom. The maximum atomic E-state index is 13.7. The van der Waals surface area contributed by atoms with Crippen molar-refractivity contribution in [2.24, 2.45) is 5.41 Å². The normalized spacial score (nSPS) is 27.4. The molecule has 28 heavy (non-hydrogen) atoms. The molecule has 3 aliphatic heterocycles. The highest BCUT2D eigenvalue weighted by Gasteiger charge is 2.58. The molecule has 4 heterocycles. The van der Waals surface area contributed by atoms with Crippen molar-refractivity contribution < 1.29 is 9.59 Å². The minimum absolute atomic E-state index is 0.0522. The smallest absolute Gasteiger partial charge is 0.320 e. The molecule has 3 aliphatic rings. The van der Waals surface area contributed by atoms with Crippen LogP contribution in [0.15, 0.2) is 47.2 Å². The largest absolute Gasteiger partial charge is 0.325 e. The Morgan fingerprint density at radius 2 is 1.82 bits per heavy atom. The average Bonchev–Trinajstić information content (AvgIpc) is 3.52. The van der Waals surface area contributed by atoms with Crippen LogP contribution in [0.4, 0.5) is 10.5 Å². The molecule has 1 aromatic heterocycles. The lowest BCUT2D eigenvalue weighted by atomic mass is 9.73. The molecule has 0 bridgehead atoms. The van der Waals surface area contributed by atoms with E-state index in [0.29, 0.717) is 13.1 Å². The van der Waals surface area contributed by atoms with Crippen LogP contribution in [-0.2, 0) is 4.79 Å². The van der Waals surface area contributed by atoms with Gasteiger partial charge >= 0.3 is 6.03 Å². The average molecular weight is 396 g/mol. The van der Waals surface area contributed by atoms with E-state index >= 15 is 0 Å². The summed E-state index contributed by atoms with van der Waals surface area (Å²) in [5.74, 6) is 0.230. The number of thiophene rings is 1. The maximum Gasteiger partial charge on any atom is 0.320 e. The number of urea groups is 1. The quantitative estimate of drug-likeness (QED) is 0.777. The number of carbonyl (C=O) groups excluding carboxylic acids is 2. The first-order valence-corrected chi connectivity index (χ1v) is 11.1. The first-order chi connectivity index (χ1) is 13.7. The van der Waals surface area contributed by atoms with Crippen LogP contribution >= 0.6 is 11.3 Å². The molecule has 3 amide bonds. The van der Waals surface area contributed by atoms with Gasteiger partial charge in [-0.2, -0.15) is 11.3 Å². The monoisotopic (exact) mass is 395 g/mol. The summed E-state index contributed by atoms with van der Waals surface area (Å²) >= 11 is 1.61. The third-order valence-corrected chi connectivity index (χ3v) is 7.33. The van der Waals surface area contributed by atoms with Gasteiger partial charge in [-0.15, -0.1) is 0 Å². The summed E-state index contributed by atoms with van der Waals surface area (Å²) in [6.07, 6.45) is 2.96. The fraction of sp³-hybridized carbons (Fsp3) is 0.455. The molecule has 146 valence electrons. The van der Waals surface area contributed by atoms with Gasteiger partial charge in [0.2, 0.25) is 5.91 Å². The third kappa shape index (κ3) is 2.73. The number of benzene rings is 1. The van der Waals surface area contributed by atoms with Crippen LogP contribution in [0.2, 0.25) is 0 Å². The SMILES string of the molecule is O=C(N1CCCC1)N1C[C@@H](c2ccccc2)[C@@]2(CCN(c3ccsc3)C2=O)C1. The molecule has 5 rings (SSSR count). The first-order valence-electron chi connectivity index (χ1n) is 10.1. The number of rotatable bonds is 2. The van der Waals surface area contributed by atoms with E-state index in [0.717, 1.165) is 44.6 Å². The second-order valence-electron chi connectivity index (χ2n) is 8.16. The van der Waals surface area contributed by atoms with E-state index in [1.807, 2.05) is 49.7 Å². The van der Waals surface area contributed by atoms with Crippen LogP contribution in [0.5, 0.6) is 0 Å². The lowest BCUT2D eigenvalue weighted by Gasteiger charge is -2.29. The summed E-state index contributed by atoms with van der Waals surface area (Å²) < 4.78 is 0. The van der Waals surface area contributed by atoms with Crippen LogP contribution in [0, 0.1) is 5.41 Å². The minimum atomic E-state index is -0.515. The molecule has 0 aliphatic carbocycles. The van der Waals surface area contributed by atoms with Gasteiger partial charge in [-0.25, -0.2) is 4.79 Å². The Bertz CT molecular complexity index is 863. The van der Waals surface area contributed by atoms with E-state index in [1.54, 1.807) is 11.3 Å². The van der Waals surface area contributed by atoms with Gasteiger partial charge in [-0.1, -0.05) is 30.3 Å². The van der Waals surface area contributed by atoms with Crippen LogP contribution in [0.1, 0.15) is 30.7 Å². The van der Waals surface area contributed by atoms with Crippen molar-refractivity contribution in [2.75, 3.05) is 37.6 Å². The van der Waals surface area contributed by atoms with Crippen LogP contribution in [0.25, 0.3) is 0 Å². The lowest BCUT2D eigenvalue weighted by molar-refractivity contribution is -0.125. The van der Waals surface area contributed by atoms with Crippen LogP contribution < -0.4 is 4.90 Å². The Hall–Kier alpha value is -2.34. The molecular weight excluding hydrogens is 370 g/mol. The number of carbonyl (C=O) groups is 2. The van der Waals surface area contributed by atoms with Crippen molar-refractivity contribution in [3.63, 3.8) is 0 Å². The summed E-state index contributed by atoms with van der Waals surface area (Å²) in [6.45, 7) is 3.56. The van der Waals surface area contributed by atoms with Gasteiger partial charge in [0.15, 0.2) is 0 Å². The van der Waals surface area contributed by atoms with Gasteiger partial charge in [0, 0.05) is 44.0 Å². The minimum Gasteiger partial charge on any atom is -0.325 e. The van der Waals surface area contributed by atoms with Gasteiger partial charge in [0.25, 0.3) is 0 Å². The third-order valence-electron chi connectivity index (χ3n) is 6.66. The van der Waals surface area contributed by atoms with Crippen molar-refractivity contribution in [1.29, 1.82) is 0 Å². The molecular formula is C22H25N3O2S. The van der Waals surface area contributed by atoms with E-state index in [2.05, 4.69) is 12.1 Å². The van der Waals surface area contributed by atoms with E-state index in [9.17, 15) is 9.59 Å². The number of hydrogen-bond acceptors (Lipinski definition) is 3. The Kier molecular flexibility index (Phi) is 4.38. The predicted molar refractivity (Wildman–Crippen MR) is 111 cm³/mol. The highest BCUT2D eigenvalue weighted by Crippen LogP contribution is 2.51. The number of anilines is 1. The van der Waals surface area contributed by atoms with Crippen molar-refractivity contribution in [3.05, 3.63) is 52.7 Å². The molecule has 2 aromatic rings. The van der Waals surface area contributed by atoms with Gasteiger partial charge < -0.3 is 14.7 Å². The van der Waals surface area contributed by atoms with Crippen molar-refractivity contribution in [2.45, 2.75) is 25.2 Å². The standard InChI is InChI=1S/C22H25N3O2S/c26-20-22(9-12-25(20)18-8-13-28-15-18)16-24(21(27)23-10-4-5-11-23)14-19(22)17-6-2-1-3-7-17/h1-3,6-8,13,15,19H,4-5,9-12,14,16H2/t19-,22+/m0/s1.